The van der Waals surface area contributed by atoms with Gasteiger partial charge in [-0.05, 0) is 43.2 Å². The van der Waals surface area contributed by atoms with E-state index in [9.17, 15) is 14.4 Å². The average molecular weight is 385 g/mol. The zero-order valence-corrected chi connectivity index (χ0v) is 16.2. The lowest BCUT2D eigenvalue weighted by molar-refractivity contribution is -0.141. The van der Waals surface area contributed by atoms with Gasteiger partial charge in [-0.3, -0.25) is 19.5 Å². The molecule has 1 saturated carbocycles. The van der Waals surface area contributed by atoms with Crippen LogP contribution in [0.5, 0.6) is 0 Å². The Balaban J connectivity index is 1.48. The van der Waals surface area contributed by atoms with E-state index in [1.165, 1.54) is 0 Å². The highest BCUT2D eigenvalue weighted by molar-refractivity contribution is 6.09. The molecule has 8 nitrogen and oxygen atoms in total. The molecule has 3 fully saturated rings. The Morgan fingerprint density at radius 2 is 2.11 bits per heavy atom. The number of carbonyl (C=O) groups is 3. The maximum absolute atomic E-state index is 13.1. The van der Waals surface area contributed by atoms with E-state index < -0.39 is 11.6 Å². The van der Waals surface area contributed by atoms with Crippen LogP contribution in [0.1, 0.15) is 44.2 Å². The molecule has 8 heteroatoms. The summed E-state index contributed by atoms with van der Waals surface area (Å²) in [5.41, 5.74) is 0.133. The molecule has 0 bridgehead atoms. The van der Waals surface area contributed by atoms with Crippen LogP contribution in [0.4, 0.5) is 4.79 Å². The molecule has 1 atom stereocenters. The third-order valence-electron chi connectivity index (χ3n) is 6.30. The van der Waals surface area contributed by atoms with Crippen LogP contribution in [0.2, 0.25) is 0 Å². The van der Waals surface area contributed by atoms with E-state index >= 15 is 0 Å². The number of pyridine rings is 1. The van der Waals surface area contributed by atoms with Crippen LogP contribution < -0.4 is 10.6 Å². The molecule has 1 aliphatic carbocycles. The van der Waals surface area contributed by atoms with Crippen molar-refractivity contribution in [2.75, 3.05) is 26.2 Å². The Bertz CT molecular complexity index is 760. The molecule has 3 aliphatic rings. The molecule has 4 rings (SSSR count). The van der Waals surface area contributed by atoms with Crippen LogP contribution in [-0.4, -0.2) is 64.3 Å². The number of nitrogens with one attached hydrogen (secondary N) is 2. The summed E-state index contributed by atoms with van der Waals surface area (Å²) >= 11 is 0. The highest BCUT2D eigenvalue weighted by atomic mass is 16.2. The number of aromatic nitrogens is 1. The number of amides is 4. The number of carbonyl (C=O) groups excluding carboxylic acids is 3. The van der Waals surface area contributed by atoms with Crippen LogP contribution in [0.25, 0.3) is 0 Å². The number of imide groups is 1. The number of rotatable bonds is 3. The van der Waals surface area contributed by atoms with E-state index in [1.54, 1.807) is 17.3 Å². The van der Waals surface area contributed by atoms with Crippen LogP contribution in [0, 0.1) is 5.92 Å². The number of piperazine rings is 1. The third-order valence-corrected chi connectivity index (χ3v) is 6.30. The molecular formula is C20H27N5O3. The first-order valence-corrected chi connectivity index (χ1v) is 10.0. The molecule has 28 heavy (non-hydrogen) atoms. The predicted octanol–water partition coefficient (Wildman–Crippen LogP) is 1.06. The molecular weight excluding hydrogens is 358 g/mol. The van der Waals surface area contributed by atoms with Crippen LogP contribution in [-0.2, 0) is 9.59 Å². The van der Waals surface area contributed by atoms with E-state index in [0.717, 1.165) is 23.3 Å². The lowest BCUT2D eigenvalue weighted by Gasteiger charge is -2.37. The molecule has 1 aromatic rings. The SMILES string of the molecule is CC1CCC2(CC1)NC(=O)N(CC(=O)N1CCNCC1c1cccnc1)C2=O. The van der Waals surface area contributed by atoms with Gasteiger partial charge in [0.1, 0.15) is 12.1 Å². The highest BCUT2D eigenvalue weighted by Gasteiger charge is 2.52. The summed E-state index contributed by atoms with van der Waals surface area (Å²) in [5.74, 6) is 0.109. The molecule has 0 aromatic carbocycles. The summed E-state index contributed by atoms with van der Waals surface area (Å²) in [4.78, 5) is 45.6. The second kappa shape index (κ2) is 7.50. The summed E-state index contributed by atoms with van der Waals surface area (Å²) in [7, 11) is 0. The minimum absolute atomic E-state index is 0.153. The maximum atomic E-state index is 13.1. The van der Waals surface area contributed by atoms with Crippen LogP contribution >= 0.6 is 0 Å². The summed E-state index contributed by atoms with van der Waals surface area (Å²) in [5, 5.41) is 6.18. The summed E-state index contributed by atoms with van der Waals surface area (Å²) in [6.45, 7) is 3.80. The summed E-state index contributed by atoms with van der Waals surface area (Å²) in [6, 6.07) is 3.19. The van der Waals surface area contributed by atoms with Gasteiger partial charge in [-0.1, -0.05) is 13.0 Å². The molecule has 0 radical (unpaired) electrons. The number of hydrogen-bond acceptors (Lipinski definition) is 5. The van der Waals surface area contributed by atoms with Crippen molar-refractivity contribution in [3.05, 3.63) is 30.1 Å². The lowest BCUT2D eigenvalue weighted by atomic mass is 9.77. The molecule has 2 aliphatic heterocycles. The van der Waals surface area contributed by atoms with E-state index in [1.807, 2.05) is 12.1 Å². The molecule has 1 aromatic heterocycles. The van der Waals surface area contributed by atoms with Crippen molar-refractivity contribution in [3.8, 4) is 0 Å². The summed E-state index contributed by atoms with van der Waals surface area (Å²) < 4.78 is 0. The van der Waals surface area contributed by atoms with Gasteiger partial charge in [0.25, 0.3) is 5.91 Å². The normalized spacial score (nSPS) is 30.6. The fourth-order valence-corrected chi connectivity index (χ4v) is 4.51. The molecule has 3 heterocycles. The predicted molar refractivity (Wildman–Crippen MR) is 102 cm³/mol. The minimum atomic E-state index is -0.809. The molecule has 1 spiro atoms. The second-order valence-corrected chi connectivity index (χ2v) is 8.18. The van der Waals surface area contributed by atoms with Crippen LogP contribution in [0.15, 0.2) is 24.5 Å². The first-order valence-electron chi connectivity index (χ1n) is 10.0. The smallest absolute Gasteiger partial charge is 0.325 e. The fraction of sp³-hybridized carbons (Fsp3) is 0.600. The molecule has 150 valence electrons. The Hall–Kier alpha value is -2.48. The van der Waals surface area contributed by atoms with E-state index in [2.05, 4.69) is 22.5 Å². The highest BCUT2D eigenvalue weighted by Crippen LogP contribution is 2.36. The van der Waals surface area contributed by atoms with Gasteiger partial charge in [-0.2, -0.15) is 0 Å². The zero-order valence-electron chi connectivity index (χ0n) is 16.2. The van der Waals surface area contributed by atoms with Gasteiger partial charge in [0.2, 0.25) is 5.91 Å². The van der Waals surface area contributed by atoms with Crippen molar-refractivity contribution in [2.24, 2.45) is 5.92 Å². The molecule has 4 amide bonds. The van der Waals surface area contributed by atoms with Gasteiger partial charge in [0, 0.05) is 32.0 Å². The van der Waals surface area contributed by atoms with Gasteiger partial charge < -0.3 is 15.5 Å². The average Bonchev–Trinajstić information content (AvgIpc) is 2.95. The summed E-state index contributed by atoms with van der Waals surface area (Å²) in [6.07, 6.45) is 6.57. The van der Waals surface area contributed by atoms with E-state index in [0.29, 0.717) is 38.4 Å². The first kappa shape index (κ1) is 18.9. The first-order chi connectivity index (χ1) is 13.5. The van der Waals surface area contributed by atoms with Gasteiger partial charge in [0.05, 0.1) is 6.04 Å². The quantitative estimate of drug-likeness (QED) is 0.759. The second-order valence-electron chi connectivity index (χ2n) is 8.18. The topological polar surface area (TPSA) is 94.6 Å². The minimum Gasteiger partial charge on any atom is -0.331 e. The monoisotopic (exact) mass is 385 g/mol. The van der Waals surface area contributed by atoms with Gasteiger partial charge in [0.15, 0.2) is 0 Å². The Morgan fingerprint density at radius 1 is 1.32 bits per heavy atom. The van der Waals surface area contributed by atoms with Crippen molar-refractivity contribution < 1.29 is 14.4 Å². The van der Waals surface area contributed by atoms with E-state index in [-0.39, 0.29) is 24.4 Å². The largest absolute Gasteiger partial charge is 0.331 e. The molecule has 2 N–H and O–H groups in total. The Labute approximate surface area is 164 Å². The van der Waals surface area contributed by atoms with Crippen molar-refractivity contribution in [1.82, 2.24) is 25.4 Å². The number of urea groups is 1. The van der Waals surface area contributed by atoms with Crippen molar-refractivity contribution >= 4 is 17.8 Å². The third kappa shape index (κ3) is 3.37. The Morgan fingerprint density at radius 3 is 2.82 bits per heavy atom. The number of nitrogens with zero attached hydrogens (tertiary/aromatic N) is 3. The number of hydrogen-bond donors (Lipinski definition) is 2. The molecule has 1 unspecified atom stereocenters. The van der Waals surface area contributed by atoms with Gasteiger partial charge in [-0.25, -0.2) is 4.79 Å². The maximum Gasteiger partial charge on any atom is 0.325 e. The van der Waals surface area contributed by atoms with Crippen molar-refractivity contribution in [1.29, 1.82) is 0 Å². The van der Waals surface area contributed by atoms with Crippen molar-refractivity contribution in [2.45, 2.75) is 44.2 Å². The van der Waals surface area contributed by atoms with E-state index in [4.69, 9.17) is 0 Å². The fourth-order valence-electron chi connectivity index (χ4n) is 4.51. The van der Waals surface area contributed by atoms with Gasteiger partial charge in [-0.15, -0.1) is 0 Å². The zero-order chi connectivity index (χ0) is 19.7. The molecule has 2 saturated heterocycles. The Kier molecular flexibility index (Phi) is 5.05. The van der Waals surface area contributed by atoms with Crippen LogP contribution in [0.3, 0.4) is 0 Å². The lowest BCUT2D eigenvalue weighted by Crippen LogP contribution is -2.53. The standard InChI is InChI=1S/C20H27N5O3/c1-14-4-6-20(7-5-14)18(27)25(19(28)23-20)13-17(26)24-10-9-22-12-16(24)15-3-2-8-21-11-15/h2-3,8,11,14,16,22H,4-7,9-10,12-13H2,1H3,(H,23,28). The van der Waals surface area contributed by atoms with Gasteiger partial charge >= 0.3 is 6.03 Å². The van der Waals surface area contributed by atoms with Crippen molar-refractivity contribution in [3.63, 3.8) is 0 Å².